The molecule has 1 aromatic heterocycles. The van der Waals surface area contributed by atoms with Crippen molar-refractivity contribution in [1.29, 1.82) is 0 Å². The fraction of sp³-hybridized carbons (Fsp3) is 0.200. The molecule has 3 rings (SSSR count). The Labute approximate surface area is 141 Å². The van der Waals surface area contributed by atoms with Crippen LogP contribution in [-0.2, 0) is 6.42 Å². The number of ether oxygens (including phenoxy) is 1. The van der Waals surface area contributed by atoms with Crippen LogP contribution in [0.2, 0.25) is 0 Å². The predicted octanol–water partition coefficient (Wildman–Crippen LogP) is 4.29. The van der Waals surface area contributed by atoms with Crippen LogP contribution in [0.4, 0.5) is 0 Å². The molecule has 0 saturated carbocycles. The Morgan fingerprint density at radius 3 is 2.71 bits per heavy atom. The second-order valence-electron chi connectivity index (χ2n) is 5.49. The van der Waals surface area contributed by atoms with Gasteiger partial charge in [0.1, 0.15) is 5.75 Å². The largest absolute Gasteiger partial charge is 0.493 e. The van der Waals surface area contributed by atoms with Crippen LogP contribution in [-0.4, -0.2) is 22.4 Å². The molecule has 0 aliphatic rings. The van der Waals surface area contributed by atoms with E-state index in [4.69, 9.17) is 4.74 Å². The molecular formula is C20H20N2O2. The number of para-hydroxylation sites is 1. The molecular weight excluding hydrogens is 300 g/mol. The van der Waals surface area contributed by atoms with Crippen molar-refractivity contribution in [1.82, 2.24) is 9.97 Å². The highest BCUT2D eigenvalue weighted by atomic mass is 16.5. The summed E-state index contributed by atoms with van der Waals surface area (Å²) in [4.78, 5) is 19.2. The monoisotopic (exact) mass is 320 g/mol. The van der Waals surface area contributed by atoms with Gasteiger partial charge in [-0.25, -0.2) is 4.98 Å². The molecule has 122 valence electrons. The van der Waals surface area contributed by atoms with E-state index in [9.17, 15) is 4.79 Å². The van der Waals surface area contributed by atoms with Crippen molar-refractivity contribution in [3.63, 3.8) is 0 Å². The van der Waals surface area contributed by atoms with Gasteiger partial charge in [-0.05, 0) is 17.7 Å². The summed E-state index contributed by atoms with van der Waals surface area (Å²) in [5, 5.41) is 0. The summed E-state index contributed by atoms with van der Waals surface area (Å²) in [6.07, 6.45) is 4.63. The average molecular weight is 320 g/mol. The lowest BCUT2D eigenvalue weighted by atomic mass is 10.00. The topological polar surface area (TPSA) is 55.0 Å². The average Bonchev–Trinajstić information content (AvgIpc) is 3.16. The molecule has 0 radical (unpaired) electrons. The molecule has 0 fully saturated rings. The number of aromatic amines is 1. The van der Waals surface area contributed by atoms with Crippen LogP contribution < -0.4 is 4.74 Å². The zero-order valence-electron chi connectivity index (χ0n) is 13.7. The summed E-state index contributed by atoms with van der Waals surface area (Å²) in [7, 11) is 0. The van der Waals surface area contributed by atoms with Gasteiger partial charge < -0.3 is 9.72 Å². The minimum absolute atomic E-state index is 0.170. The smallest absolute Gasteiger partial charge is 0.162 e. The fourth-order valence-electron chi connectivity index (χ4n) is 2.69. The number of benzene rings is 2. The van der Waals surface area contributed by atoms with Gasteiger partial charge in [0.15, 0.2) is 5.78 Å². The molecule has 0 aliphatic carbocycles. The summed E-state index contributed by atoms with van der Waals surface area (Å²) >= 11 is 0. The summed E-state index contributed by atoms with van der Waals surface area (Å²) in [6.45, 7) is 2.40. The molecule has 4 nitrogen and oxygen atoms in total. The zero-order valence-corrected chi connectivity index (χ0v) is 13.7. The Hall–Kier alpha value is -2.88. The molecule has 0 aliphatic heterocycles. The van der Waals surface area contributed by atoms with Gasteiger partial charge in [0.2, 0.25) is 0 Å². The maximum absolute atomic E-state index is 12.0. The van der Waals surface area contributed by atoms with Gasteiger partial charge in [0.05, 0.1) is 24.8 Å². The lowest BCUT2D eigenvalue weighted by Gasteiger charge is -2.12. The van der Waals surface area contributed by atoms with Crippen molar-refractivity contribution in [3.05, 3.63) is 72.2 Å². The number of hydrogen-bond donors (Lipinski definition) is 1. The summed E-state index contributed by atoms with van der Waals surface area (Å²) in [5.74, 6) is 0.976. The van der Waals surface area contributed by atoms with E-state index in [0.29, 0.717) is 19.4 Å². The fourth-order valence-corrected chi connectivity index (χ4v) is 2.69. The minimum Gasteiger partial charge on any atom is -0.493 e. The number of rotatable bonds is 7. The maximum Gasteiger partial charge on any atom is 0.162 e. The molecule has 0 unspecified atom stereocenters. The van der Waals surface area contributed by atoms with Crippen LogP contribution in [0, 0.1) is 0 Å². The highest BCUT2D eigenvalue weighted by Gasteiger charge is 2.10. The van der Waals surface area contributed by atoms with E-state index < -0.39 is 0 Å². The maximum atomic E-state index is 12.0. The third-order valence-corrected chi connectivity index (χ3v) is 3.94. The first kappa shape index (κ1) is 16.0. The molecule has 24 heavy (non-hydrogen) atoms. The van der Waals surface area contributed by atoms with Crippen molar-refractivity contribution in [2.24, 2.45) is 0 Å². The Balaban J connectivity index is 1.71. The number of imidazole rings is 1. The number of hydrogen-bond acceptors (Lipinski definition) is 3. The van der Waals surface area contributed by atoms with E-state index >= 15 is 0 Å². The van der Waals surface area contributed by atoms with Gasteiger partial charge >= 0.3 is 0 Å². The Bertz CT molecular complexity index is 810. The van der Waals surface area contributed by atoms with Gasteiger partial charge in [-0.3, -0.25) is 4.79 Å². The van der Waals surface area contributed by atoms with Crippen molar-refractivity contribution >= 4 is 5.78 Å². The van der Waals surface area contributed by atoms with Gasteiger partial charge in [-0.2, -0.15) is 0 Å². The van der Waals surface area contributed by atoms with Crippen LogP contribution >= 0.6 is 0 Å². The van der Waals surface area contributed by atoms with Crippen molar-refractivity contribution in [3.8, 4) is 17.0 Å². The first-order valence-corrected chi connectivity index (χ1v) is 8.11. The number of nitrogens with zero attached hydrogens (tertiary/aromatic N) is 1. The van der Waals surface area contributed by atoms with Crippen molar-refractivity contribution in [2.75, 3.05) is 6.61 Å². The molecule has 0 spiro atoms. The third kappa shape index (κ3) is 3.54. The first-order valence-electron chi connectivity index (χ1n) is 8.11. The standard InChI is InChI=1S/C20H20N2O2/c1-2-19(23)16-8-4-3-7-15(16)11-12-24-20-10-6-5-9-17(20)18-13-21-14-22-18/h3-10,13-14H,2,11-12H2,1H3,(H,21,22). The Morgan fingerprint density at radius 1 is 1.12 bits per heavy atom. The summed E-state index contributed by atoms with van der Waals surface area (Å²) < 4.78 is 5.97. The van der Waals surface area contributed by atoms with Crippen LogP contribution in [0.25, 0.3) is 11.3 Å². The van der Waals surface area contributed by atoms with E-state index in [1.807, 2.05) is 55.5 Å². The second-order valence-corrected chi connectivity index (χ2v) is 5.49. The normalized spacial score (nSPS) is 10.5. The number of carbonyl (C=O) groups is 1. The SMILES string of the molecule is CCC(=O)c1ccccc1CCOc1ccccc1-c1cnc[nH]1. The van der Waals surface area contributed by atoms with Crippen LogP contribution in [0.5, 0.6) is 5.75 Å². The number of carbonyl (C=O) groups excluding carboxylic acids is 1. The lowest BCUT2D eigenvalue weighted by Crippen LogP contribution is -2.07. The lowest BCUT2D eigenvalue weighted by molar-refractivity contribution is 0.0987. The highest BCUT2D eigenvalue weighted by Crippen LogP contribution is 2.28. The molecule has 0 atom stereocenters. The molecule has 3 aromatic rings. The van der Waals surface area contributed by atoms with E-state index in [2.05, 4.69) is 9.97 Å². The second kappa shape index (κ2) is 7.59. The number of nitrogens with one attached hydrogen (secondary N) is 1. The molecule has 0 amide bonds. The Kier molecular flexibility index (Phi) is 5.06. The molecule has 1 N–H and O–H groups in total. The van der Waals surface area contributed by atoms with Crippen molar-refractivity contribution < 1.29 is 9.53 Å². The van der Waals surface area contributed by atoms with Crippen LogP contribution in [0.1, 0.15) is 29.3 Å². The Morgan fingerprint density at radius 2 is 1.92 bits per heavy atom. The molecule has 2 aromatic carbocycles. The van der Waals surface area contributed by atoms with Gasteiger partial charge in [0.25, 0.3) is 0 Å². The van der Waals surface area contributed by atoms with Gasteiger partial charge in [0, 0.05) is 24.0 Å². The molecule has 1 heterocycles. The number of ketones is 1. The quantitative estimate of drug-likeness (QED) is 0.661. The van der Waals surface area contributed by atoms with E-state index in [1.54, 1.807) is 12.5 Å². The van der Waals surface area contributed by atoms with E-state index in [-0.39, 0.29) is 5.78 Å². The third-order valence-electron chi connectivity index (χ3n) is 3.94. The molecule has 0 bridgehead atoms. The van der Waals surface area contributed by atoms with Crippen LogP contribution in [0.15, 0.2) is 61.1 Å². The summed E-state index contributed by atoms with van der Waals surface area (Å²) in [6, 6.07) is 15.6. The van der Waals surface area contributed by atoms with E-state index in [1.165, 1.54) is 0 Å². The van der Waals surface area contributed by atoms with E-state index in [0.717, 1.165) is 28.1 Å². The molecule has 4 heteroatoms. The number of aromatic nitrogens is 2. The van der Waals surface area contributed by atoms with Gasteiger partial charge in [-0.1, -0.05) is 43.3 Å². The predicted molar refractivity (Wildman–Crippen MR) is 94.3 cm³/mol. The summed E-state index contributed by atoms with van der Waals surface area (Å²) in [5.41, 5.74) is 3.73. The van der Waals surface area contributed by atoms with Crippen LogP contribution in [0.3, 0.4) is 0 Å². The zero-order chi connectivity index (χ0) is 16.8. The number of H-pyrrole nitrogens is 1. The number of Topliss-reactive ketones (excluding diaryl/α,β-unsaturated/α-hetero) is 1. The first-order chi connectivity index (χ1) is 11.8. The minimum atomic E-state index is 0.170. The van der Waals surface area contributed by atoms with Gasteiger partial charge in [-0.15, -0.1) is 0 Å². The highest BCUT2D eigenvalue weighted by molar-refractivity contribution is 5.97. The van der Waals surface area contributed by atoms with Crippen molar-refractivity contribution in [2.45, 2.75) is 19.8 Å². The molecule has 0 saturated heterocycles.